The topological polar surface area (TPSA) is 106 Å². The maximum absolute atomic E-state index is 12.7. The molecule has 0 saturated carbocycles. The molecule has 2 rings (SSSR count). The molecule has 170 valence electrons. The van der Waals surface area contributed by atoms with Crippen LogP contribution in [0.4, 0.5) is 25.0 Å². The van der Waals surface area contributed by atoms with Gasteiger partial charge in [-0.2, -0.15) is 8.78 Å². The van der Waals surface area contributed by atoms with E-state index in [9.17, 15) is 22.0 Å². The van der Waals surface area contributed by atoms with Gasteiger partial charge in [0.15, 0.2) is 0 Å². The van der Waals surface area contributed by atoms with Crippen molar-refractivity contribution in [1.29, 1.82) is 0 Å². The molecule has 0 radical (unpaired) electrons. The van der Waals surface area contributed by atoms with Gasteiger partial charge in [-0.05, 0) is 31.5 Å². The van der Waals surface area contributed by atoms with Crippen molar-refractivity contribution in [3.63, 3.8) is 0 Å². The number of alkyl halides is 2. The Morgan fingerprint density at radius 3 is 2.42 bits per heavy atom. The first-order chi connectivity index (χ1) is 14.7. The minimum Gasteiger partial charge on any atom is -0.494 e. The van der Waals surface area contributed by atoms with E-state index in [2.05, 4.69) is 20.1 Å². The van der Waals surface area contributed by atoms with Crippen LogP contribution >= 0.6 is 0 Å². The molecule has 8 nitrogen and oxygen atoms in total. The van der Waals surface area contributed by atoms with E-state index < -0.39 is 28.7 Å². The van der Waals surface area contributed by atoms with Crippen molar-refractivity contribution < 1.29 is 31.5 Å². The molecule has 0 heterocycles. The third-order valence-electron chi connectivity index (χ3n) is 4.33. The fourth-order valence-corrected chi connectivity index (χ4v) is 3.44. The predicted octanol–water partition coefficient (Wildman–Crippen LogP) is 4.33. The number of rotatable bonds is 10. The van der Waals surface area contributed by atoms with Crippen molar-refractivity contribution in [2.45, 2.75) is 32.9 Å². The molecule has 1 unspecified atom stereocenters. The highest BCUT2D eigenvalue weighted by molar-refractivity contribution is 7.92. The van der Waals surface area contributed by atoms with Crippen molar-refractivity contribution in [2.75, 3.05) is 22.9 Å². The highest BCUT2D eigenvalue weighted by Crippen LogP contribution is 2.30. The number of anilines is 2. The summed E-state index contributed by atoms with van der Waals surface area (Å²) in [7, 11) is -2.13. The zero-order valence-corrected chi connectivity index (χ0v) is 18.1. The van der Waals surface area contributed by atoms with Crippen molar-refractivity contribution in [1.82, 2.24) is 5.32 Å². The number of halogens is 2. The summed E-state index contributed by atoms with van der Waals surface area (Å²) < 4.78 is 61.0. The molecule has 0 spiro atoms. The second-order valence-electron chi connectivity index (χ2n) is 6.40. The van der Waals surface area contributed by atoms with E-state index in [-0.39, 0.29) is 22.9 Å². The average molecular weight is 457 g/mol. The minimum atomic E-state index is -3.50. The van der Waals surface area contributed by atoms with Crippen molar-refractivity contribution in [3.05, 3.63) is 48.0 Å². The summed E-state index contributed by atoms with van der Waals surface area (Å²) in [5, 5.41) is 5.34. The van der Waals surface area contributed by atoms with Gasteiger partial charge in [-0.1, -0.05) is 25.1 Å². The van der Waals surface area contributed by atoms with Crippen LogP contribution in [0, 0.1) is 0 Å². The minimum absolute atomic E-state index is 0.0149. The molecule has 0 bridgehead atoms. The Kier molecular flexibility index (Phi) is 8.43. The maximum Gasteiger partial charge on any atom is 0.387 e. The Bertz CT molecular complexity index is 1000. The van der Waals surface area contributed by atoms with Gasteiger partial charge in [-0.15, -0.1) is 0 Å². The zero-order chi connectivity index (χ0) is 23.0. The highest BCUT2D eigenvalue weighted by Gasteiger charge is 2.19. The van der Waals surface area contributed by atoms with Crippen LogP contribution in [0.3, 0.4) is 0 Å². The molecule has 0 aliphatic rings. The van der Waals surface area contributed by atoms with Crippen LogP contribution in [0.25, 0.3) is 0 Å². The summed E-state index contributed by atoms with van der Waals surface area (Å²) in [6.45, 7) is 0.314. The number of methoxy groups -OCH3 is 1. The fourth-order valence-electron chi connectivity index (χ4n) is 2.79. The number of benzene rings is 2. The molecular weight excluding hydrogens is 432 g/mol. The summed E-state index contributed by atoms with van der Waals surface area (Å²) in [5.74, 6) is 0.102. The van der Waals surface area contributed by atoms with Gasteiger partial charge in [0.1, 0.15) is 11.5 Å². The molecule has 0 aromatic heterocycles. The number of hydrogen-bond acceptors (Lipinski definition) is 5. The van der Waals surface area contributed by atoms with Crippen LogP contribution in [0.15, 0.2) is 42.5 Å². The van der Waals surface area contributed by atoms with Gasteiger partial charge in [0.25, 0.3) is 0 Å². The predicted molar refractivity (Wildman–Crippen MR) is 114 cm³/mol. The second-order valence-corrected chi connectivity index (χ2v) is 8.41. The number of carbonyl (C=O) groups is 1. The smallest absolute Gasteiger partial charge is 0.387 e. The largest absolute Gasteiger partial charge is 0.494 e. The zero-order valence-electron chi connectivity index (χ0n) is 17.3. The Balaban J connectivity index is 2.14. The fraction of sp³-hybridized carbons (Fsp3) is 0.350. The lowest BCUT2D eigenvalue weighted by Gasteiger charge is -2.21. The molecule has 2 aromatic carbocycles. The standard InChI is InChI=1S/C20H25F2N3O5S/c1-4-15(14-8-6-7-9-17(14)30-19(21)22)24-20(26)23-13-10-11-16(18(12-13)29-3)25-31(27,28)5-2/h6-12,15,19,25H,4-5H2,1-3H3,(H2,23,24,26). The number of para-hydroxylation sites is 1. The van der Waals surface area contributed by atoms with Gasteiger partial charge in [-0.25, -0.2) is 13.2 Å². The average Bonchev–Trinajstić information content (AvgIpc) is 2.73. The van der Waals surface area contributed by atoms with Crippen molar-refractivity contribution in [3.8, 4) is 11.5 Å². The molecule has 2 aromatic rings. The lowest BCUT2D eigenvalue weighted by Crippen LogP contribution is -2.32. The molecule has 0 fully saturated rings. The lowest BCUT2D eigenvalue weighted by atomic mass is 10.0. The van der Waals surface area contributed by atoms with E-state index in [0.29, 0.717) is 17.7 Å². The van der Waals surface area contributed by atoms with Crippen LogP contribution in [0.5, 0.6) is 11.5 Å². The van der Waals surface area contributed by atoms with Gasteiger partial charge in [0.2, 0.25) is 10.0 Å². The molecule has 0 aliphatic carbocycles. The van der Waals surface area contributed by atoms with Gasteiger partial charge < -0.3 is 20.1 Å². The number of sulfonamides is 1. The van der Waals surface area contributed by atoms with Gasteiger partial charge >= 0.3 is 12.6 Å². The highest BCUT2D eigenvalue weighted by atomic mass is 32.2. The van der Waals surface area contributed by atoms with Crippen LogP contribution in [0.2, 0.25) is 0 Å². The molecule has 11 heteroatoms. The molecule has 3 N–H and O–H groups in total. The van der Waals surface area contributed by atoms with Crippen LogP contribution in [0.1, 0.15) is 31.9 Å². The number of carbonyl (C=O) groups excluding carboxylic acids is 1. The van der Waals surface area contributed by atoms with Crippen LogP contribution in [-0.2, 0) is 10.0 Å². The number of urea groups is 1. The number of hydrogen-bond donors (Lipinski definition) is 3. The van der Waals surface area contributed by atoms with Crippen LogP contribution in [-0.4, -0.2) is 33.9 Å². The van der Waals surface area contributed by atoms with Crippen molar-refractivity contribution >= 4 is 27.4 Å². The Hall–Kier alpha value is -3.08. The number of ether oxygens (including phenoxy) is 2. The monoisotopic (exact) mass is 457 g/mol. The first-order valence-corrected chi connectivity index (χ1v) is 11.1. The third kappa shape index (κ3) is 6.99. The third-order valence-corrected chi connectivity index (χ3v) is 5.62. The summed E-state index contributed by atoms with van der Waals surface area (Å²) in [5.41, 5.74) is 1.00. The van der Waals surface area contributed by atoms with Gasteiger partial charge in [0, 0.05) is 17.3 Å². The summed E-state index contributed by atoms with van der Waals surface area (Å²) in [6.07, 6.45) is 0.429. The summed E-state index contributed by atoms with van der Waals surface area (Å²) in [4.78, 5) is 12.5. The number of amides is 2. The SMILES string of the molecule is CCC(NC(=O)Nc1ccc(NS(=O)(=O)CC)c(OC)c1)c1ccccc1OC(F)F. The van der Waals surface area contributed by atoms with E-state index in [1.54, 1.807) is 25.1 Å². The second kappa shape index (κ2) is 10.8. The molecule has 31 heavy (non-hydrogen) atoms. The first kappa shape index (κ1) is 24.2. The molecule has 1 atom stereocenters. The maximum atomic E-state index is 12.7. The summed E-state index contributed by atoms with van der Waals surface area (Å²) >= 11 is 0. The Morgan fingerprint density at radius 1 is 1.10 bits per heavy atom. The normalized spacial score (nSPS) is 12.2. The quantitative estimate of drug-likeness (QED) is 0.492. The molecule has 0 saturated heterocycles. The Morgan fingerprint density at radius 2 is 1.81 bits per heavy atom. The van der Waals surface area contributed by atoms with Gasteiger partial charge in [-0.3, -0.25) is 4.72 Å². The first-order valence-electron chi connectivity index (χ1n) is 9.48. The van der Waals surface area contributed by atoms with Crippen LogP contribution < -0.4 is 24.8 Å². The molecule has 2 amide bonds. The van der Waals surface area contributed by atoms with E-state index in [1.165, 1.54) is 38.3 Å². The summed E-state index contributed by atoms with van der Waals surface area (Å²) in [6, 6.07) is 9.51. The van der Waals surface area contributed by atoms with Gasteiger partial charge in [0.05, 0.1) is 24.6 Å². The van der Waals surface area contributed by atoms with E-state index in [0.717, 1.165) is 0 Å². The number of nitrogens with one attached hydrogen (secondary N) is 3. The lowest BCUT2D eigenvalue weighted by molar-refractivity contribution is -0.0506. The van der Waals surface area contributed by atoms with E-state index >= 15 is 0 Å². The molecule has 0 aliphatic heterocycles. The van der Waals surface area contributed by atoms with E-state index in [4.69, 9.17) is 4.74 Å². The Labute approximate surface area is 180 Å². The molecular formula is C20H25F2N3O5S. The van der Waals surface area contributed by atoms with Crippen molar-refractivity contribution in [2.24, 2.45) is 0 Å². The van der Waals surface area contributed by atoms with E-state index in [1.807, 2.05) is 0 Å².